The summed E-state index contributed by atoms with van der Waals surface area (Å²) in [6.07, 6.45) is 47.3. The van der Waals surface area contributed by atoms with Crippen molar-refractivity contribution in [3.63, 3.8) is 0 Å². The number of aliphatic hydroxyl groups is 1. The lowest BCUT2D eigenvalue weighted by molar-refractivity contribution is -0.161. The van der Waals surface area contributed by atoms with Crippen LogP contribution in [0.15, 0.2) is 60.8 Å². The first-order valence-corrected chi connectivity index (χ1v) is 24.4. The van der Waals surface area contributed by atoms with Gasteiger partial charge in [0, 0.05) is 19.4 Å². The van der Waals surface area contributed by atoms with Crippen LogP contribution < -0.4 is 5.73 Å². The quantitative estimate of drug-likeness (QED) is 0.0178. The molecule has 0 fully saturated rings. The van der Waals surface area contributed by atoms with Crippen LogP contribution >= 0.6 is 7.82 Å². The zero-order chi connectivity index (χ0) is 42.6. The summed E-state index contributed by atoms with van der Waals surface area (Å²) in [5.41, 5.74) is 5.34. The van der Waals surface area contributed by atoms with E-state index in [9.17, 15) is 24.2 Å². The molecule has 58 heavy (non-hydrogen) atoms. The van der Waals surface area contributed by atoms with Gasteiger partial charge < -0.3 is 25.2 Å². The second-order valence-corrected chi connectivity index (χ2v) is 16.6. The van der Waals surface area contributed by atoms with Crippen LogP contribution in [0.1, 0.15) is 187 Å². The van der Waals surface area contributed by atoms with Gasteiger partial charge in [-0.2, -0.15) is 0 Å². The molecule has 0 bridgehead atoms. The predicted octanol–water partition coefficient (Wildman–Crippen LogP) is 12.2. The number of carbonyl (C=O) groups is 2. The average Bonchev–Trinajstić information content (AvgIpc) is 3.20. The van der Waals surface area contributed by atoms with Gasteiger partial charge in [-0.1, -0.05) is 171 Å². The standard InChI is InChI=1S/C47H84NO9P/c1-3-5-7-8-9-10-11-12-13-14-15-16-17-18-21-24-27-30-34-38-46(50)54-42-45(43-56-58(52,53)55-41-40-48)57-47(51)39-35-31-28-25-22-19-20-23-26-29-33-37-44(49)36-32-6-4-2/h12-13,19-20,25-26,28-29,33,37,44-45,49H,3-11,14-18,21-24,27,30-32,34-36,38-43,48H2,1-2H3,(H,52,53)/b13-12-,20-19-,28-25-,29-26-,37-33+/t44-,45+/m0/s1. The van der Waals surface area contributed by atoms with Gasteiger partial charge >= 0.3 is 19.8 Å². The molecule has 336 valence electrons. The minimum absolute atomic E-state index is 0.0348. The Bertz CT molecular complexity index is 1150. The molecular weight excluding hydrogens is 753 g/mol. The topological polar surface area (TPSA) is 155 Å². The van der Waals surface area contributed by atoms with E-state index in [1.54, 1.807) is 0 Å². The second kappa shape index (κ2) is 42.8. The number of allylic oxidation sites excluding steroid dienone is 9. The number of esters is 2. The summed E-state index contributed by atoms with van der Waals surface area (Å²) < 4.78 is 32.7. The maximum Gasteiger partial charge on any atom is 0.472 e. The fourth-order valence-electron chi connectivity index (χ4n) is 6.03. The molecule has 0 spiro atoms. The minimum atomic E-state index is -4.41. The number of hydrogen-bond donors (Lipinski definition) is 3. The summed E-state index contributed by atoms with van der Waals surface area (Å²) in [5, 5.41) is 9.90. The molecule has 0 rings (SSSR count). The molecule has 10 nitrogen and oxygen atoms in total. The van der Waals surface area contributed by atoms with Crippen LogP contribution in [0.3, 0.4) is 0 Å². The number of carbonyl (C=O) groups excluding carboxylic acids is 2. The van der Waals surface area contributed by atoms with Crippen molar-refractivity contribution in [3.05, 3.63) is 60.8 Å². The van der Waals surface area contributed by atoms with E-state index in [2.05, 4.69) is 38.2 Å². The number of nitrogens with two attached hydrogens (primary N) is 1. The van der Waals surface area contributed by atoms with Gasteiger partial charge in [-0.05, 0) is 64.2 Å². The molecule has 11 heteroatoms. The van der Waals surface area contributed by atoms with E-state index >= 15 is 0 Å². The van der Waals surface area contributed by atoms with Gasteiger partial charge in [0.2, 0.25) is 0 Å². The minimum Gasteiger partial charge on any atom is -0.462 e. The molecule has 0 aliphatic carbocycles. The van der Waals surface area contributed by atoms with E-state index in [4.69, 9.17) is 24.3 Å². The first kappa shape index (κ1) is 55.7. The predicted molar refractivity (Wildman–Crippen MR) is 239 cm³/mol. The van der Waals surface area contributed by atoms with Gasteiger partial charge in [0.15, 0.2) is 6.10 Å². The lowest BCUT2D eigenvalue weighted by Crippen LogP contribution is -2.29. The first-order valence-electron chi connectivity index (χ1n) is 22.9. The number of phosphoric acid groups is 1. The molecule has 1 unspecified atom stereocenters. The fraction of sp³-hybridized carbons (Fsp3) is 0.745. The van der Waals surface area contributed by atoms with Crippen LogP contribution in [0.5, 0.6) is 0 Å². The Morgan fingerprint density at radius 2 is 1.12 bits per heavy atom. The van der Waals surface area contributed by atoms with E-state index in [-0.39, 0.29) is 38.7 Å². The van der Waals surface area contributed by atoms with Crippen molar-refractivity contribution < 1.29 is 42.7 Å². The molecule has 0 amide bonds. The summed E-state index contributed by atoms with van der Waals surface area (Å²) in [6, 6.07) is 0. The number of hydrogen-bond acceptors (Lipinski definition) is 9. The molecule has 0 aliphatic heterocycles. The molecule has 0 saturated heterocycles. The van der Waals surface area contributed by atoms with Crippen molar-refractivity contribution in [3.8, 4) is 0 Å². The van der Waals surface area contributed by atoms with Gasteiger partial charge in [-0.25, -0.2) is 4.57 Å². The molecule has 0 aromatic heterocycles. The SMILES string of the molecule is CCCCCCCC/C=C\CCCCCCCCCCCC(=O)OC[C@H](COP(=O)(O)OCCN)OC(=O)CCC/C=C\C/C=C\C/C=C\C=C\[C@@H](O)CCCCC. The van der Waals surface area contributed by atoms with Crippen molar-refractivity contribution in [2.75, 3.05) is 26.4 Å². The third kappa shape index (κ3) is 41.8. The van der Waals surface area contributed by atoms with Gasteiger partial charge in [0.1, 0.15) is 6.61 Å². The summed E-state index contributed by atoms with van der Waals surface area (Å²) >= 11 is 0. The van der Waals surface area contributed by atoms with Crippen LogP contribution in [-0.2, 0) is 32.7 Å². The molecule has 0 heterocycles. The third-order valence-electron chi connectivity index (χ3n) is 9.48. The van der Waals surface area contributed by atoms with Gasteiger partial charge in [-0.15, -0.1) is 0 Å². The molecule has 4 N–H and O–H groups in total. The van der Waals surface area contributed by atoms with E-state index in [0.717, 1.165) is 57.8 Å². The Kier molecular flexibility index (Phi) is 41.1. The maximum atomic E-state index is 12.6. The highest BCUT2D eigenvalue weighted by atomic mass is 31.2. The van der Waals surface area contributed by atoms with Crippen molar-refractivity contribution >= 4 is 19.8 Å². The number of unbranched alkanes of at least 4 members (excludes halogenated alkanes) is 18. The number of phosphoric ester groups is 1. The summed E-state index contributed by atoms with van der Waals surface area (Å²) in [4.78, 5) is 34.9. The molecule has 3 atom stereocenters. The fourth-order valence-corrected chi connectivity index (χ4v) is 6.79. The van der Waals surface area contributed by atoms with Gasteiger partial charge in [0.05, 0.1) is 19.3 Å². The van der Waals surface area contributed by atoms with Gasteiger partial charge in [-0.3, -0.25) is 18.6 Å². The summed E-state index contributed by atoms with van der Waals surface area (Å²) in [5.74, 6) is -0.924. The molecular formula is C47H84NO9P. The van der Waals surface area contributed by atoms with Crippen LogP contribution in [0.4, 0.5) is 0 Å². The first-order chi connectivity index (χ1) is 28.2. The summed E-state index contributed by atoms with van der Waals surface area (Å²) in [7, 11) is -4.41. The smallest absolute Gasteiger partial charge is 0.462 e. The van der Waals surface area contributed by atoms with E-state index in [1.165, 1.54) is 83.5 Å². The van der Waals surface area contributed by atoms with Crippen molar-refractivity contribution in [1.29, 1.82) is 0 Å². The Morgan fingerprint density at radius 1 is 0.603 bits per heavy atom. The Balaban J connectivity index is 4.25. The lowest BCUT2D eigenvalue weighted by Gasteiger charge is -2.19. The van der Waals surface area contributed by atoms with Crippen LogP contribution in [-0.4, -0.2) is 60.5 Å². The zero-order valence-corrected chi connectivity index (χ0v) is 37.5. The van der Waals surface area contributed by atoms with Crippen molar-refractivity contribution in [2.45, 2.75) is 199 Å². The van der Waals surface area contributed by atoms with Crippen molar-refractivity contribution in [1.82, 2.24) is 0 Å². The van der Waals surface area contributed by atoms with Crippen molar-refractivity contribution in [2.24, 2.45) is 5.73 Å². The average molecular weight is 838 g/mol. The number of ether oxygens (including phenoxy) is 2. The second-order valence-electron chi connectivity index (χ2n) is 15.1. The highest BCUT2D eigenvalue weighted by Crippen LogP contribution is 2.43. The highest BCUT2D eigenvalue weighted by molar-refractivity contribution is 7.47. The van der Waals surface area contributed by atoms with Crippen LogP contribution in [0.2, 0.25) is 0 Å². The molecule has 0 radical (unpaired) electrons. The largest absolute Gasteiger partial charge is 0.472 e. The highest BCUT2D eigenvalue weighted by Gasteiger charge is 2.26. The van der Waals surface area contributed by atoms with E-state index in [1.807, 2.05) is 36.5 Å². The summed E-state index contributed by atoms with van der Waals surface area (Å²) in [6.45, 7) is 3.52. The molecule has 0 aromatic rings. The molecule has 0 aromatic carbocycles. The molecule has 0 saturated carbocycles. The monoisotopic (exact) mass is 838 g/mol. The van der Waals surface area contributed by atoms with Crippen LogP contribution in [0.25, 0.3) is 0 Å². The number of rotatable bonds is 42. The zero-order valence-electron chi connectivity index (χ0n) is 36.6. The van der Waals surface area contributed by atoms with Gasteiger partial charge in [0.25, 0.3) is 0 Å². The van der Waals surface area contributed by atoms with Crippen LogP contribution in [0, 0.1) is 0 Å². The Morgan fingerprint density at radius 3 is 1.76 bits per heavy atom. The Labute approximate surface area is 353 Å². The Hall–Kier alpha value is -2.33. The van der Waals surface area contributed by atoms with E-state index < -0.39 is 32.5 Å². The lowest BCUT2D eigenvalue weighted by atomic mass is 10.1. The number of aliphatic hydroxyl groups excluding tert-OH is 1. The third-order valence-corrected chi connectivity index (χ3v) is 10.5. The maximum absolute atomic E-state index is 12.6. The normalized spacial score (nSPS) is 14.4. The molecule has 0 aliphatic rings. The van der Waals surface area contributed by atoms with E-state index in [0.29, 0.717) is 19.3 Å².